The van der Waals surface area contributed by atoms with Gasteiger partial charge in [-0.15, -0.1) is 0 Å². The molecule has 0 fully saturated rings. The van der Waals surface area contributed by atoms with Crippen molar-refractivity contribution in [1.29, 1.82) is 0 Å². The smallest absolute Gasteiger partial charge is 0.397 e. The highest BCUT2D eigenvalue weighted by atomic mass is 32.3. The molecule has 0 saturated carbocycles. The van der Waals surface area contributed by atoms with Crippen molar-refractivity contribution < 1.29 is 46.4 Å². The van der Waals surface area contributed by atoms with Gasteiger partial charge in [0, 0.05) is 17.2 Å². The number of aromatic hydroxyl groups is 1. The maximum Gasteiger partial charge on any atom is 0.397 e. The van der Waals surface area contributed by atoms with Gasteiger partial charge < -0.3 is 24.4 Å². The van der Waals surface area contributed by atoms with Crippen LogP contribution in [-0.2, 0) is 19.4 Å². The number of phenols is 1. The third-order valence-electron chi connectivity index (χ3n) is 4.70. The van der Waals surface area contributed by atoms with Crippen LogP contribution in [0.2, 0.25) is 0 Å². The van der Waals surface area contributed by atoms with Crippen LogP contribution in [0, 0.1) is 0 Å². The molecule has 0 spiro atoms. The van der Waals surface area contributed by atoms with Gasteiger partial charge in [0.15, 0.2) is 11.5 Å². The largest absolute Gasteiger partial charge is 0.504 e. The van der Waals surface area contributed by atoms with Gasteiger partial charge in [-0.2, -0.15) is 8.42 Å². The second-order valence-corrected chi connectivity index (χ2v) is 7.65. The monoisotopic (exact) mass is 452 g/mol. The van der Waals surface area contributed by atoms with E-state index in [1.54, 1.807) is 12.1 Å². The first-order valence-electron chi connectivity index (χ1n) is 8.91. The average Bonchev–Trinajstić information content (AvgIpc) is 2.72. The molecule has 0 unspecified atom stereocenters. The molecule has 0 saturated heterocycles. The quantitative estimate of drug-likeness (QED) is 0.422. The van der Waals surface area contributed by atoms with E-state index >= 15 is 0 Å². The van der Waals surface area contributed by atoms with Crippen molar-refractivity contribution in [2.75, 3.05) is 20.8 Å². The number of carboxylic acid groups (broad SMARTS) is 1. The lowest BCUT2D eigenvalue weighted by atomic mass is 9.86. The predicted octanol–water partition coefficient (Wildman–Crippen LogP) is 2.54. The van der Waals surface area contributed by atoms with Crippen LogP contribution in [0.15, 0.2) is 36.4 Å². The number of methoxy groups -OCH3 is 2. The van der Waals surface area contributed by atoms with E-state index in [4.69, 9.17) is 23.5 Å². The molecule has 2 aromatic rings. The molecule has 0 radical (unpaired) electrons. The fourth-order valence-corrected chi connectivity index (χ4v) is 3.85. The average molecular weight is 452 g/mol. The van der Waals surface area contributed by atoms with Crippen LogP contribution in [0.1, 0.15) is 28.7 Å². The zero-order valence-corrected chi connectivity index (χ0v) is 17.3. The minimum atomic E-state index is -4.89. The van der Waals surface area contributed by atoms with Crippen LogP contribution < -0.4 is 14.2 Å². The molecule has 1 aliphatic rings. The lowest BCUT2D eigenvalue weighted by Crippen LogP contribution is -2.28. The highest BCUT2D eigenvalue weighted by Gasteiger charge is 2.38. The summed E-state index contributed by atoms with van der Waals surface area (Å²) in [6.45, 7) is -0.109. The molecule has 3 rings (SSSR count). The Morgan fingerprint density at radius 1 is 1.16 bits per heavy atom. The number of hydrogen-bond acceptors (Lipinski definition) is 8. The summed E-state index contributed by atoms with van der Waals surface area (Å²) in [4.78, 5) is 10.9. The van der Waals surface area contributed by atoms with Gasteiger partial charge in [-0.05, 0) is 42.0 Å². The van der Waals surface area contributed by atoms with E-state index in [-0.39, 0.29) is 29.2 Å². The first kappa shape index (κ1) is 22.4. The number of ether oxygens (including phenoxy) is 3. The molecular weight excluding hydrogens is 432 g/mol. The maximum absolute atomic E-state index is 11.6. The highest BCUT2D eigenvalue weighted by Crippen LogP contribution is 2.48. The van der Waals surface area contributed by atoms with Gasteiger partial charge in [0.2, 0.25) is 0 Å². The van der Waals surface area contributed by atoms with Gasteiger partial charge in [0.1, 0.15) is 17.6 Å². The first-order chi connectivity index (χ1) is 14.6. The molecule has 0 amide bonds. The summed E-state index contributed by atoms with van der Waals surface area (Å²) in [5, 5.41) is 19.6. The maximum atomic E-state index is 11.6. The molecule has 0 aliphatic carbocycles. The lowest BCUT2D eigenvalue weighted by molar-refractivity contribution is -0.131. The van der Waals surface area contributed by atoms with E-state index in [0.29, 0.717) is 17.1 Å². The van der Waals surface area contributed by atoms with Gasteiger partial charge in [-0.1, -0.05) is 0 Å². The minimum absolute atomic E-state index is 0.0320. The Hall–Kier alpha value is -3.28. The van der Waals surface area contributed by atoms with Gasteiger partial charge in [-0.3, -0.25) is 4.55 Å². The Morgan fingerprint density at radius 3 is 2.52 bits per heavy atom. The molecule has 2 aromatic carbocycles. The number of phenolic OH excluding ortho intramolecular Hbond substituents is 1. The zero-order chi connectivity index (χ0) is 22.8. The second kappa shape index (κ2) is 8.84. The summed E-state index contributed by atoms with van der Waals surface area (Å²) in [7, 11) is -2.15. The van der Waals surface area contributed by atoms with Crippen molar-refractivity contribution in [2.45, 2.75) is 12.0 Å². The van der Waals surface area contributed by atoms with E-state index in [1.807, 2.05) is 0 Å². The Bertz CT molecular complexity index is 1120. The predicted molar refractivity (Wildman–Crippen MR) is 108 cm³/mol. The molecule has 10 nitrogen and oxygen atoms in total. The molecule has 166 valence electrons. The number of aliphatic carboxylic acids is 1. The molecule has 0 bridgehead atoms. The summed E-state index contributed by atoms with van der Waals surface area (Å²) in [5.41, 5.74) is 0.818. The number of benzene rings is 2. The van der Waals surface area contributed by atoms with Gasteiger partial charge >= 0.3 is 16.4 Å². The number of fused-ring (bicyclic) bond motifs is 1. The van der Waals surface area contributed by atoms with Gasteiger partial charge in [-0.25, -0.2) is 8.98 Å². The van der Waals surface area contributed by atoms with Crippen LogP contribution in [0.3, 0.4) is 0 Å². The summed E-state index contributed by atoms with van der Waals surface area (Å²) < 4.78 is 53.6. The van der Waals surface area contributed by atoms with Crippen LogP contribution in [0.4, 0.5) is 0 Å². The van der Waals surface area contributed by atoms with Crippen molar-refractivity contribution in [2.24, 2.45) is 0 Å². The standard InChI is InChI=1S/C20H20O10S/c1-27-12-4-5-16-14(9-12)20(30-31(24,25)26)15(10-29-16)13-7-11(3-6-18(21)22)8-17(28-2)19(13)23/h3-9,15,20,23H,10H2,1-2H3,(H,21,22)(H,24,25,26)/b6-3-/t15-,20+/m0/s1. The Balaban J connectivity index is 2.17. The lowest BCUT2D eigenvalue weighted by Gasteiger charge is -2.33. The van der Waals surface area contributed by atoms with E-state index in [0.717, 1.165) is 6.08 Å². The summed E-state index contributed by atoms with van der Waals surface area (Å²) in [6, 6.07) is 7.55. The third-order valence-corrected chi connectivity index (χ3v) is 5.15. The Morgan fingerprint density at radius 2 is 1.90 bits per heavy atom. The van der Waals surface area contributed by atoms with E-state index < -0.39 is 28.4 Å². The zero-order valence-electron chi connectivity index (χ0n) is 16.5. The summed E-state index contributed by atoms with van der Waals surface area (Å²) in [5.74, 6) is -1.65. The number of rotatable bonds is 7. The molecule has 3 N–H and O–H groups in total. The SMILES string of the molecule is COc1ccc2c(c1)[C@@H](OS(=O)(=O)O)[C@H](c1cc(/C=C\C(=O)O)cc(OC)c1O)CO2. The minimum Gasteiger partial charge on any atom is -0.504 e. The van der Waals surface area contributed by atoms with Crippen LogP contribution >= 0.6 is 0 Å². The van der Waals surface area contributed by atoms with Crippen molar-refractivity contribution in [1.82, 2.24) is 0 Å². The van der Waals surface area contributed by atoms with E-state index in [2.05, 4.69) is 0 Å². The third kappa shape index (κ3) is 5.08. The van der Waals surface area contributed by atoms with Crippen molar-refractivity contribution >= 4 is 22.4 Å². The summed E-state index contributed by atoms with van der Waals surface area (Å²) in [6.07, 6.45) is 0.912. The fraction of sp³-hybridized carbons (Fsp3) is 0.250. The van der Waals surface area contributed by atoms with Gasteiger partial charge in [0.05, 0.1) is 26.7 Å². The molecule has 31 heavy (non-hydrogen) atoms. The van der Waals surface area contributed by atoms with Crippen molar-refractivity contribution in [3.05, 3.63) is 53.1 Å². The molecule has 0 aromatic heterocycles. The van der Waals surface area contributed by atoms with Gasteiger partial charge in [0.25, 0.3) is 0 Å². The second-order valence-electron chi connectivity index (χ2n) is 6.60. The molecule has 1 aliphatic heterocycles. The molecule has 1 heterocycles. The number of carbonyl (C=O) groups is 1. The van der Waals surface area contributed by atoms with Crippen LogP contribution in [0.25, 0.3) is 6.08 Å². The number of carboxylic acids is 1. The van der Waals surface area contributed by atoms with Crippen molar-refractivity contribution in [3.63, 3.8) is 0 Å². The van der Waals surface area contributed by atoms with E-state index in [9.17, 15) is 22.9 Å². The molecule has 11 heteroatoms. The molecule has 2 atom stereocenters. The molecular formula is C20H20O10S. The normalized spacial score (nSPS) is 18.3. The first-order valence-corrected chi connectivity index (χ1v) is 10.3. The summed E-state index contributed by atoms with van der Waals surface area (Å²) >= 11 is 0. The van der Waals surface area contributed by atoms with Crippen molar-refractivity contribution in [3.8, 4) is 23.0 Å². The Labute approximate surface area is 178 Å². The van der Waals surface area contributed by atoms with E-state index in [1.165, 1.54) is 38.5 Å². The fourth-order valence-electron chi connectivity index (χ4n) is 3.35. The Kier molecular flexibility index (Phi) is 6.39. The number of hydrogen-bond donors (Lipinski definition) is 3. The van der Waals surface area contributed by atoms with Crippen LogP contribution in [-0.4, -0.2) is 50.0 Å². The topological polar surface area (TPSA) is 149 Å². The van der Waals surface area contributed by atoms with Crippen LogP contribution in [0.5, 0.6) is 23.0 Å². The highest BCUT2D eigenvalue weighted by molar-refractivity contribution is 7.80.